The second-order valence-electron chi connectivity index (χ2n) is 7.15. The monoisotopic (exact) mass is 425 g/mol. The number of oxazole rings is 1. The smallest absolute Gasteiger partial charge is 0.240 e. The molecule has 30 heavy (non-hydrogen) atoms. The van der Waals surface area contributed by atoms with Crippen molar-refractivity contribution >= 4 is 21.5 Å². The highest BCUT2D eigenvalue weighted by Gasteiger charge is 2.28. The van der Waals surface area contributed by atoms with E-state index < -0.39 is 10.0 Å². The third-order valence-electron chi connectivity index (χ3n) is 5.06. The lowest BCUT2D eigenvalue weighted by molar-refractivity contribution is 0.521. The van der Waals surface area contributed by atoms with Crippen molar-refractivity contribution < 1.29 is 12.8 Å². The van der Waals surface area contributed by atoms with Crippen molar-refractivity contribution in [3.05, 3.63) is 54.9 Å². The van der Waals surface area contributed by atoms with Gasteiger partial charge < -0.3 is 9.32 Å². The summed E-state index contributed by atoms with van der Waals surface area (Å²) in [5.74, 6) is 1.32. The predicted molar refractivity (Wildman–Crippen MR) is 108 cm³/mol. The van der Waals surface area contributed by atoms with Crippen molar-refractivity contribution in [3.8, 4) is 11.3 Å². The Morgan fingerprint density at radius 1 is 1.17 bits per heavy atom. The summed E-state index contributed by atoms with van der Waals surface area (Å²) in [5, 5.41) is 12.2. The Morgan fingerprint density at radius 3 is 2.77 bits per heavy atom. The summed E-state index contributed by atoms with van der Waals surface area (Å²) in [6.07, 6.45) is 3.78. The number of hydrogen-bond acceptors (Lipinski definition) is 8. The van der Waals surface area contributed by atoms with Gasteiger partial charge in [0.1, 0.15) is 24.1 Å². The van der Waals surface area contributed by atoms with Crippen molar-refractivity contribution in [2.45, 2.75) is 24.3 Å². The fourth-order valence-electron chi connectivity index (χ4n) is 3.54. The maximum atomic E-state index is 12.8. The standard InChI is InChI=1S/C19H19N7O3S/c1-13-21-17(11-29-13)14-2-4-16(5-3-14)30(27,28)24-15-8-9-25(10-15)19-7-6-18-22-20-12-26(18)23-19/h2-7,11-12,15,24H,8-10H2,1H3/t15-/m0/s1. The van der Waals surface area contributed by atoms with Crippen LogP contribution in [0.5, 0.6) is 0 Å². The molecule has 0 aliphatic carbocycles. The highest BCUT2D eigenvalue weighted by Crippen LogP contribution is 2.23. The molecule has 0 radical (unpaired) electrons. The minimum atomic E-state index is -3.63. The molecule has 1 fully saturated rings. The first-order chi connectivity index (χ1) is 14.5. The van der Waals surface area contributed by atoms with Gasteiger partial charge in [0, 0.05) is 31.6 Å². The van der Waals surface area contributed by atoms with Crippen molar-refractivity contribution in [1.29, 1.82) is 0 Å². The molecule has 5 rings (SSSR count). The summed E-state index contributed by atoms with van der Waals surface area (Å²) < 4.78 is 35.3. The van der Waals surface area contributed by atoms with E-state index in [1.165, 1.54) is 0 Å². The van der Waals surface area contributed by atoms with E-state index in [1.807, 2.05) is 17.0 Å². The molecular formula is C19H19N7O3S. The Kier molecular flexibility index (Phi) is 4.48. The van der Waals surface area contributed by atoms with Crippen LogP contribution in [0.2, 0.25) is 0 Å². The van der Waals surface area contributed by atoms with E-state index in [1.54, 1.807) is 48.3 Å². The van der Waals surface area contributed by atoms with Gasteiger partial charge in [-0.05, 0) is 30.7 Å². The van der Waals surface area contributed by atoms with Crippen molar-refractivity contribution in [2.75, 3.05) is 18.0 Å². The van der Waals surface area contributed by atoms with Crippen molar-refractivity contribution in [1.82, 2.24) is 29.5 Å². The maximum Gasteiger partial charge on any atom is 0.240 e. The summed E-state index contributed by atoms with van der Waals surface area (Å²) in [6, 6.07) is 10.1. The van der Waals surface area contributed by atoms with Crippen LogP contribution >= 0.6 is 0 Å². The van der Waals surface area contributed by atoms with Gasteiger partial charge in [0.15, 0.2) is 11.5 Å². The largest absolute Gasteiger partial charge is 0.449 e. The normalized spacial score (nSPS) is 17.1. The van der Waals surface area contributed by atoms with E-state index in [2.05, 4.69) is 25.0 Å². The lowest BCUT2D eigenvalue weighted by Crippen LogP contribution is -2.37. The number of benzene rings is 1. The lowest BCUT2D eigenvalue weighted by Gasteiger charge is -2.18. The van der Waals surface area contributed by atoms with Gasteiger partial charge in [0.2, 0.25) is 10.0 Å². The molecule has 10 nitrogen and oxygen atoms in total. The first kappa shape index (κ1) is 18.7. The number of fused-ring (bicyclic) bond motifs is 1. The molecule has 4 aromatic rings. The van der Waals surface area contributed by atoms with Gasteiger partial charge in [-0.1, -0.05) is 12.1 Å². The molecule has 0 unspecified atom stereocenters. The number of anilines is 1. The Morgan fingerprint density at radius 2 is 2.00 bits per heavy atom. The summed E-state index contributed by atoms with van der Waals surface area (Å²) in [5.41, 5.74) is 2.14. The van der Waals surface area contributed by atoms with Gasteiger partial charge in [0.25, 0.3) is 0 Å². The first-order valence-corrected chi connectivity index (χ1v) is 10.9. The Bertz CT molecular complexity index is 1300. The van der Waals surface area contributed by atoms with E-state index in [0.29, 0.717) is 36.7 Å². The summed E-state index contributed by atoms with van der Waals surface area (Å²) in [4.78, 5) is 6.52. The van der Waals surface area contributed by atoms with Crippen LogP contribution in [0, 0.1) is 6.92 Å². The van der Waals surface area contributed by atoms with Gasteiger partial charge in [0.05, 0.1) is 4.90 Å². The van der Waals surface area contributed by atoms with Crippen LogP contribution in [-0.2, 0) is 10.0 Å². The van der Waals surface area contributed by atoms with Crippen LogP contribution in [0.4, 0.5) is 5.82 Å². The Hall–Kier alpha value is -3.31. The third-order valence-corrected chi connectivity index (χ3v) is 6.60. The van der Waals surface area contributed by atoms with E-state index >= 15 is 0 Å². The average molecular weight is 425 g/mol. The Balaban J connectivity index is 1.28. The highest BCUT2D eigenvalue weighted by molar-refractivity contribution is 7.89. The minimum Gasteiger partial charge on any atom is -0.449 e. The molecule has 0 spiro atoms. The maximum absolute atomic E-state index is 12.8. The number of sulfonamides is 1. The number of rotatable bonds is 5. The number of hydrogen-bond donors (Lipinski definition) is 1. The topological polar surface area (TPSA) is 119 Å². The fraction of sp³-hybridized carbons (Fsp3) is 0.263. The Labute approximate surface area is 172 Å². The number of nitrogens with one attached hydrogen (secondary N) is 1. The second kappa shape index (κ2) is 7.18. The molecular weight excluding hydrogens is 406 g/mol. The summed E-state index contributed by atoms with van der Waals surface area (Å²) in [7, 11) is -3.63. The first-order valence-electron chi connectivity index (χ1n) is 9.45. The van der Waals surface area contributed by atoms with E-state index in [0.717, 1.165) is 11.4 Å². The van der Waals surface area contributed by atoms with Crippen LogP contribution in [0.3, 0.4) is 0 Å². The zero-order valence-electron chi connectivity index (χ0n) is 16.1. The van der Waals surface area contributed by atoms with E-state index in [4.69, 9.17) is 4.42 Å². The summed E-state index contributed by atoms with van der Waals surface area (Å²) in [6.45, 7) is 3.01. The van der Waals surface area contributed by atoms with Gasteiger partial charge >= 0.3 is 0 Å². The molecule has 1 aromatic carbocycles. The van der Waals surface area contributed by atoms with Crippen LogP contribution < -0.4 is 9.62 Å². The van der Waals surface area contributed by atoms with Crippen LogP contribution in [0.25, 0.3) is 16.9 Å². The number of nitrogens with zero attached hydrogens (tertiary/aromatic N) is 6. The quantitative estimate of drug-likeness (QED) is 0.513. The second-order valence-corrected chi connectivity index (χ2v) is 8.87. The molecule has 1 aliphatic heterocycles. The minimum absolute atomic E-state index is 0.203. The molecule has 0 amide bonds. The lowest BCUT2D eigenvalue weighted by atomic mass is 10.2. The third kappa shape index (κ3) is 3.53. The van der Waals surface area contributed by atoms with Gasteiger partial charge in [-0.3, -0.25) is 0 Å². The fourth-order valence-corrected chi connectivity index (χ4v) is 4.80. The van der Waals surface area contributed by atoms with Gasteiger partial charge in [-0.25, -0.2) is 18.1 Å². The summed E-state index contributed by atoms with van der Waals surface area (Å²) >= 11 is 0. The van der Waals surface area contributed by atoms with Crippen LogP contribution in [0.15, 0.2) is 58.3 Å². The highest BCUT2D eigenvalue weighted by atomic mass is 32.2. The molecule has 4 heterocycles. The zero-order valence-corrected chi connectivity index (χ0v) is 17.0. The number of aryl methyl sites for hydroxylation is 1. The zero-order chi connectivity index (χ0) is 20.7. The molecule has 11 heteroatoms. The van der Waals surface area contributed by atoms with Gasteiger partial charge in [-0.15, -0.1) is 15.3 Å². The molecule has 1 atom stereocenters. The molecule has 1 N–H and O–H groups in total. The van der Waals surface area contributed by atoms with E-state index in [9.17, 15) is 8.42 Å². The SMILES string of the molecule is Cc1nc(-c2ccc(S(=O)(=O)N[C@H]3CCN(c4ccc5nncn5n4)C3)cc2)co1. The van der Waals surface area contributed by atoms with Crippen molar-refractivity contribution in [3.63, 3.8) is 0 Å². The van der Waals surface area contributed by atoms with Gasteiger partial charge in [-0.2, -0.15) is 4.52 Å². The molecule has 0 bridgehead atoms. The molecule has 0 saturated carbocycles. The average Bonchev–Trinajstić information content (AvgIpc) is 3.48. The molecule has 1 saturated heterocycles. The number of aromatic nitrogens is 5. The van der Waals surface area contributed by atoms with Crippen molar-refractivity contribution in [2.24, 2.45) is 0 Å². The van der Waals surface area contributed by atoms with Crippen LogP contribution in [-0.4, -0.2) is 52.3 Å². The molecule has 3 aromatic heterocycles. The van der Waals surface area contributed by atoms with E-state index in [-0.39, 0.29) is 10.9 Å². The molecule has 1 aliphatic rings. The van der Waals surface area contributed by atoms with Crippen LogP contribution in [0.1, 0.15) is 12.3 Å². The predicted octanol–water partition coefficient (Wildman–Crippen LogP) is 1.64. The molecule has 154 valence electrons.